The molecule has 0 aliphatic carbocycles. The van der Waals surface area contributed by atoms with Gasteiger partial charge in [0.25, 0.3) is 5.91 Å². The molecule has 1 heterocycles. The second kappa shape index (κ2) is 9.60. The van der Waals surface area contributed by atoms with Gasteiger partial charge < -0.3 is 23.9 Å². The molecule has 8 heteroatoms. The van der Waals surface area contributed by atoms with Gasteiger partial charge in [0.05, 0.1) is 14.2 Å². The number of benzene rings is 2. The minimum atomic E-state index is -0.590. The Morgan fingerprint density at radius 1 is 1.03 bits per heavy atom. The van der Waals surface area contributed by atoms with Gasteiger partial charge in [0.1, 0.15) is 24.6 Å². The van der Waals surface area contributed by atoms with Crippen molar-refractivity contribution in [3.63, 3.8) is 0 Å². The van der Waals surface area contributed by atoms with Crippen molar-refractivity contribution in [1.29, 1.82) is 0 Å². The molecule has 0 spiro atoms. The van der Waals surface area contributed by atoms with E-state index >= 15 is 0 Å². The van der Waals surface area contributed by atoms with Crippen LogP contribution in [0.2, 0.25) is 0 Å². The molecule has 0 aliphatic heterocycles. The number of carbonyl (C=O) groups excluding carboxylic acids is 2. The van der Waals surface area contributed by atoms with Crippen molar-refractivity contribution in [2.75, 3.05) is 20.8 Å². The molecule has 0 aliphatic rings. The number of aryl methyl sites for hydroxylation is 1. The van der Waals surface area contributed by atoms with Crippen LogP contribution in [0, 0.1) is 6.92 Å². The molecule has 0 saturated heterocycles. The third kappa shape index (κ3) is 4.96. The highest BCUT2D eigenvalue weighted by molar-refractivity contribution is 5.96. The van der Waals surface area contributed by atoms with Gasteiger partial charge in [-0.2, -0.15) is 0 Å². The number of amides is 1. The molecule has 0 unspecified atom stereocenters. The van der Waals surface area contributed by atoms with Crippen molar-refractivity contribution in [3.05, 3.63) is 65.5 Å². The SMILES string of the molecule is COc1ccc(C(=O)NCC(=O)OCc2nc(-c3ccccc3)oc2C)cc1OC. The number of rotatable bonds is 8. The van der Waals surface area contributed by atoms with E-state index in [-0.39, 0.29) is 13.2 Å². The Kier molecular flexibility index (Phi) is 6.69. The lowest BCUT2D eigenvalue weighted by Gasteiger charge is -2.10. The molecule has 0 fully saturated rings. The van der Waals surface area contributed by atoms with Crippen LogP contribution < -0.4 is 14.8 Å². The van der Waals surface area contributed by atoms with Gasteiger partial charge in [-0.3, -0.25) is 9.59 Å². The number of aromatic nitrogens is 1. The fraction of sp³-hybridized carbons (Fsp3) is 0.227. The van der Waals surface area contributed by atoms with Crippen LogP contribution in [0.5, 0.6) is 11.5 Å². The Morgan fingerprint density at radius 2 is 1.77 bits per heavy atom. The van der Waals surface area contributed by atoms with E-state index in [2.05, 4.69) is 10.3 Å². The van der Waals surface area contributed by atoms with E-state index in [0.29, 0.717) is 34.4 Å². The molecule has 156 valence electrons. The third-order valence-corrected chi connectivity index (χ3v) is 4.32. The van der Waals surface area contributed by atoms with E-state index in [4.69, 9.17) is 18.6 Å². The Labute approximate surface area is 173 Å². The number of hydrogen-bond donors (Lipinski definition) is 1. The number of ether oxygens (including phenoxy) is 3. The quantitative estimate of drug-likeness (QED) is 0.570. The first kappa shape index (κ1) is 20.9. The summed E-state index contributed by atoms with van der Waals surface area (Å²) in [5.74, 6) is 0.927. The first-order valence-corrected chi connectivity index (χ1v) is 9.19. The zero-order valence-corrected chi connectivity index (χ0v) is 16.9. The normalized spacial score (nSPS) is 10.4. The number of esters is 1. The molecule has 0 atom stereocenters. The lowest BCUT2D eigenvalue weighted by Crippen LogP contribution is -2.30. The maximum atomic E-state index is 12.3. The fourth-order valence-electron chi connectivity index (χ4n) is 2.70. The van der Waals surface area contributed by atoms with Crippen LogP contribution >= 0.6 is 0 Å². The van der Waals surface area contributed by atoms with Crippen LogP contribution in [-0.2, 0) is 16.1 Å². The van der Waals surface area contributed by atoms with Crippen molar-refractivity contribution in [2.45, 2.75) is 13.5 Å². The highest BCUT2D eigenvalue weighted by atomic mass is 16.5. The first-order chi connectivity index (χ1) is 14.5. The predicted octanol–water partition coefficient (Wildman–Crippen LogP) is 3.14. The van der Waals surface area contributed by atoms with Crippen LogP contribution in [0.15, 0.2) is 52.9 Å². The number of nitrogens with zero attached hydrogens (tertiary/aromatic N) is 1. The number of methoxy groups -OCH3 is 2. The summed E-state index contributed by atoms with van der Waals surface area (Å²) < 4.78 is 21.2. The summed E-state index contributed by atoms with van der Waals surface area (Å²) in [4.78, 5) is 28.7. The fourth-order valence-corrected chi connectivity index (χ4v) is 2.70. The summed E-state index contributed by atoms with van der Waals surface area (Å²) in [5.41, 5.74) is 1.69. The summed E-state index contributed by atoms with van der Waals surface area (Å²) in [6.45, 7) is 1.42. The molecule has 0 bridgehead atoms. The van der Waals surface area contributed by atoms with Crippen LogP contribution in [0.4, 0.5) is 0 Å². The lowest BCUT2D eigenvalue weighted by molar-refractivity contribution is -0.143. The van der Waals surface area contributed by atoms with Crippen molar-refractivity contribution < 1.29 is 28.2 Å². The van der Waals surface area contributed by atoms with E-state index in [9.17, 15) is 9.59 Å². The largest absolute Gasteiger partial charge is 0.493 e. The minimum absolute atomic E-state index is 0.0484. The molecule has 2 aromatic carbocycles. The molecular formula is C22H22N2O6. The third-order valence-electron chi connectivity index (χ3n) is 4.32. The summed E-state index contributed by atoms with van der Waals surface area (Å²) in [5, 5.41) is 2.52. The minimum Gasteiger partial charge on any atom is -0.493 e. The zero-order valence-electron chi connectivity index (χ0n) is 16.9. The summed E-state index contributed by atoms with van der Waals surface area (Å²) in [7, 11) is 2.99. The molecule has 1 aromatic heterocycles. The van der Waals surface area contributed by atoms with Gasteiger partial charge in [0.2, 0.25) is 5.89 Å². The van der Waals surface area contributed by atoms with E-state index in [1.807, 2.05) is 30.3 Å². The van der Waals surface area contributed by atoms with Gasteiger partial charge in [0.15, 0.2) is 11.5 Å². The number of nitrogens with one attached hydrogen (secondary N) is 1. The maximum Gasteiger partial charge on any atom is 0.325 e. The molecule has 1 amide bonds. The van der Waals surface area contributed by atoms with Crippen molar-refractivity contribution in [3.8, 4) is 23.0 Å². The summed E-state index contributed by atoms with van der Waals surface area (Å²) in [6, 6.07) is 14.2. The van der Waals surface area contributed by atoms with Crippen molar-refractivity contribution >= 4 is 11.9 Å². The van der Waals surface area contributed by atoms with Gasteiger partial charge >= 0.3 is 5.97 Å². The van der Waals surface area contributed by atoms with Gasteiger partial charge in [-0.05, 0) is 37.3 Å². The molecule has 8 nitrogen and oxygen atoms in total. The van der Waals surface area contributed by atoms with Crippen molar-refractivity contribution in [1.82, 2.24) is 10.3 Å². The maximum absolute atomic E-state index is 12.3. The van der Waals surface area contributed by atoms with Crippen LogP contribution in [0.25, 0.3) is 11.5 Å². The average Bonchev–Trinajstić information content (AvgIpc) is 3.16. The van der Waals surface area contributed by atoms with Gasteiger partial charge in [-0.1, -0.05) is 18.2 Å². The highest BCUT2D eigenvalue weighted by Crippen LogP contribution is 2.27. The molecule has 1 N–H and O–H groups in total. The number of carbonyl (C=O) groups is 2. The van der Waals surface area contributed by atoms with E-state index in [1.54, 1.807) is 19.1 Å². The van der Waals surface area contributed by atoms with Crippen molar-refractivity contribution in [2.24, 2.45) is 0 Å². The van der Waals surface area contributed by atoms with Gasteiger partial charge in [-0.25, -0.2) is 4.98 Å². The second-order valence-electron chi connectivity index (χ2n) is 6.30. The molecule has 3 aromatic rings. The topological polar surface area (TPSA) is 99.9 Å². The van der Waals surface area contributed by atoms with Crippen LogP contribution in [0.3, 0.4) is 0 Å². The number of oxazole rings is 1. The summed E-state index contributed by atoms with van der Waals surface area (Å²) >= 11 is 0. The van der Waals surface area contributed by atoms with Crippen LogP contribution in [0.1, 0.15) is 21.8 Å². The Bertz CT molecular complexity index is 1030. The second-order valence-corrected chi connectivity index (χ2v) is 6.30. The monoisotopic (exact) mass is 410 g/mol. The average molecular weight is 410 g/mol. The highest BCUT2D eigenvalue weighted by Gasteiger charge is 2.15. The van der Waals surface area contributed by atoms with Gasteiger partial charge in [0, 0.05) is 11.1 Å². The predicted molar refractivity (Wildman–Crippen MR) is 108 cm³/mol. The lowest BCUT2D eigenvalue weighted by atomic mass is 10.2. The number of hydrogen-bond acceptors (Lipinski definition) is 7. The first-order valence-electron chi connectivity index (χ1n) is 9.19. The zero-order chi connectivity index (χ0) is 21.5. The molecule has 0 saturated carbocycles. The van der Waals surface area contributed by atoms with Gasteiger partial charge in [-0.15, -0.1) is 0 Å². The Morgan fingerprint density at radius 3 is 2.47 bits per heavy atom. The smallest absolute Gasteiger partial charge is 0.325 e. The van der Waals surface area contributed by atoms with E-state index in [0.717, 1.165) is 5.56 Å². The van der Waals surface area contributed by atoms with Crippen LogP contribution in [-0.4, -0.2) is 37.6 Å². The molecule has 30 heavy (non-hydrogen) atoms. The molecule has 0 radical (unpaired) electrons. The van der Waals surface area contributed by atoms with E-state index < -0.39 is 11.9 Å². The Balaban J connectivity index is 1.53. The molecule has 3 rings (SSSR count). The summed E-state index contributed by atoms with van der Waals surface area (Å²) in [6.07, 6.45) is 0. The van der Waals surface area contributed by atoms with E-state index in [1.165, 1.54) is 20.3 Å². The molecular weight excluding hydrogens is 388 g/mol. The Hall–Kier alpha value is -3.81. The standard InChI is InChI=1S/C22H22N2O6/c1-14-17(24-22(30-14)15-7-5-4-6-8-15)13-29-20(25)12-23-21(26)16-9-10-18(27-2)19(11-16)28-3/h4-11H,12-13H2,1-3H3,(H,23,26).